The lowest BCUT2D eigenvalue weighted by Crippen LogP contribution is -2.43. The molecular weight excluding hydrogens is 409 g/mol. The predicted octanol–water partition coefficient (Wildman–Crippen LogP) is 2.06. The standard InChI is InChI=1S/C6H12O5.4C3H10Si/c1-3(8)5(10)6(11)4(9)2-7;4*1-4(2)3/h2-6,8-11H,1H3;4*4H,1-3H3/t3-,4+,5+,6-;;;;/m0..../s1. The fraction of sp³-hybridized carbons (Fsp3) is 0.944. The van der Waals surface area contributed by atoms with E-state index in [0.29, 0.717) is 0 Å². The summed E-state index contributed by atoms with van der Waals surface area (Å²) in [6.45, 7) is 28.9. The van der Waals surface area contributed by atoms with Crippen LogP contribution >= 0.6 is 0 Å². The maximum atomic E-state index is 9.87. The van der Waals surface area contributed by atoms with Gasteiger partial charge in [0.1, 0.15) is 18.3 Å². The van der Waals surface area contributed by atoms with E-state index in [4.69, 9.17) is 20.4 Å². The van der Waals surface area contributed by atoms with E-state index in [2.05, 4.69) is 78.6 Å². The van der Waals surface area contributed by atoms with Crippen molar-refractivity contribution in [1.82, 2.24) is 0 Å². The molecule has 0 bridgehead atoms. The summed E-state index contributed by atoms with van der Waals surface area (Å²) in [6.07, 6.45) is -5.88. The van der Waals surface area contributed by atoms with Gasteiger partial charge in [-0.05, 0) is 6.92 Å². The van der Waals surface area contributed by atoms with E-state index in [1.807, 2.05) is 0 Å². The number of hydrogen-bond acceptors (Lipinski definition) is 5. The smallest absolute Gasteiger partial charge is 0.151 e. The van der Waals surface area contributed by atoms with Crippen LogP contribution < -0.4 is 0 Å². The number of aliphatic hydroxyl groups is 4. The van der Waals surface area contributed by atoms with Gasteiger partial charge in [0, 0.05) is 35.2 Å². The minimum atomic E-state index is -1.65. The molecule has 4 atom stereocenters. The molecule has 0 aromatic carbocycles. The minimum absolute atomic E-state index is 0.0935. The van der Waals surface area contributed by atoms with Crippen LogP contribution in [-0.2, 0) is 4.79 Å². The summed E-state index contributed by atoms with van der Waals surface area (Å²) in [5.41, 5.74) is 0. The van der Waals surface area contributed by atoms with Gasteiger partial charge < -0.3 is 25.2 Å². The molecule has 0 heterocycles. The van der Waals surface area contributed by atoms with Crippen molar-refractivity contribution in [3.05, 3.63) is 0 Å². The number of hydrogen-bond donors (Lipinski definition) is 4. The zero-order valence-electron chi connectivity index (χ0n) is 20.4. The maximum absolute atomic E-state index is 9.87. The van der Waals surface area contributed by atoms with Crippen LogP contribution in [0.15, 0.2) is 0 Å². The fourth-order valence-corrected chi connectivity index (χ4v) is 0.568. The highest BCUT2D eigenvalue weighted by molar-refractivity contribution is 6.54. The summed E-state index contributed by atoms with van der Waals surface area (Å²) in [4.78, 5) is 9.87. The zero-order chi connectivity index (χ0) is 23.3. The molecular formula is C18H52O5Si4. The number of carbonyl (C=O) groups is 1. The second kappa shape index (κ2) is 26.4. The molecule has 0 fully saturated rings. The van der Waals surface area contributed by atoms with Gasteiger partial charge in [0.2, 0.25) is 0 Å². The van der Waals surface area contributed by atoms with Gasteiger partial charge in [-0.15, -0.1) is 0 Å². The van der Waals surface area contributed by atoms with Crippen LogP contribution in [0.4, 0.5) is 0 Å². The zero-order valence-corrected chi connectivity index (χ0v) is 25.0. The van der Waals surface area contributed by atoms with Gasteiger partial charge >= 0.3 is 0 Å². The lowest BCUT2D eigenvalue weighted by Gasteiger charge is -2.21. The largest absolute Gasteiger partial charge is 0.391 e. The Morgan fingerprint density at radius 1 is 0.556 bits per heavy atom. The molecule has 0 saturated heterocycles. The van der Waals surface area contributed by atoms with Crippen LogP contribution in [-0.4, -0.2) is 86.3 Å². The molecule has 4 N–H and O–H groups in total. The molecule has 0 amide bonds. The molecule has 27 heavy (non-hydrogen) atoms. The quantitative estimate of drug-likeness (QED) is 0.380. The molecule has 0 aliphatic rings. The Morgan fingerprint density at radius 2 is 0.741 bits per heavy atom. The number of aldehydes is 1. The summed E-state index contributed by atoms with van der Waals surface area (Å²) in [5.74, 6) is 0. The van der Waals surface area contributed by atoms with Crippen molar-refractivity contribution < 1.29 is 25.2 Å². The minimum Gasteiger partial charge on any atom is -0.391 e. The highest BCUT2D eigenvalue weighted by atomic mass is 28.3. The highest BCUT2D eigenvalue weighted by Crippen LogP contribution is 2.02. The van der Waals surface area contributed by atoms with Gasteiger partial charge in [-0.2, -0.15) is 0 Å². The van der Waals surface area contributed by atoms with Gasteiger partial charge in [0.05, 0.1) is 6.10 Å². The van der Waals surface area contributed by atoms with Crippen molar-refractivity contribution in [1.29, 1.82) is 0 Å². The topological polar surface area (TPSA) is 98.0 Å². The molecule has 0 aliphatic carbocycles. The Hall–Kier alpha value is 0.378. The van der Waals surface area contributed by atoms with Gasteiger partial charge in [0.25, 0.3) is 0 Å². The lowest BCUT2D eigenvalue weighted by atomic mass is 10.1. The molecule has 0 radical (unpaired) electrons. The number of aliphatic hydroxyl groups excluding tert-OH is 4. The third-order valence-corrected chi connectivity index (χ3v) is 1.33. The van der Waals surface area contributed by atoms with Gasteiger partial charge in [-0.1, -0.05) is 78.6 Å². The average molecular weight is 461 g/mol. The Balaban J connectivity index is -0.0000000841. The Bertz CT molecular complexity index is 243. The molecule has 0 spiro atoms. The molecule has 0 unspecified atom stereocenters. The van der Waals surface area contributed by atoms with Crippen molar-refractivity contribution in [3.8, 4) is 0 Å². The van der Waals surface area contributed by atoms with E-state index in [0.717, 1.165) is 0 Å². The lowest BCUT2D eigenvalue weighted by molar-refractivity contribution is -0.132. The van der Waals surface area contributed by atoms with Gasteiger partial charge in [0.15, 0.2) is 6.29 Å². The summed E-state index contributed by atoms with van der Waals surface area (Å²) in [5, 5.41) is 35.1. The number of carbonyl (C=O) groups excluding carboxylic acids is 1. The molecule has 0 aromatic heterocycles. The summed E-state index contributed by atoms with van der Waals surface area (Å²) >= 11 is 0. The first-order chi connectivity index (χ1) is 11.9. The van der Waals surface area contributed by atoms with Gasteiger partial charge in [-0.3, -0.25) is 0 Å². The van der Waals surface area contributed by atoms with E-state index in [1.165, 1.54) is 6.92 Å². The van der Waals surface area contributed by atoms with E-state index in [1.54, 1.807) is 0 Å². The van der Waals surface area contributed by atoms with Crippen LogP contribution in [0.25, 0.3) is 0 Å². The molecule has 0 aliphatic heterocycles. The van der Waals surface area contributed by atoms with E-state index in [-0.39, 0.29) is 41.5 Å². The van der Waals surface area contributed by atoms with Crippen molar-refractivity contribution in [3.63, 3.8) is 0 Å². The van der Waals surface area contributed by atoms with Crippen LogP contribution in [0, 0.1) is 0 Å². The molecule has 0 aromatic rings. The van der Waals surface area contributed by atoms with Crippen LogP contribution in [0.1, 0.15) is 6.92 Å². The van der Waals surface area contributed by atoms with E-state index >= 15 is 0 Å². The molecule has 0 saturated carbocycles. The highest BCUT2D eigenvalue weighted by Gasteiger charge is 2.27. The first-order valence-corrected chi connectivity index (χ1v) is 24.0. The normalized spacial score (nSPS) is 14.3. The van der Waals surface area contributed by atoms with Crippen molar-refractivity contribution in [2.75, 3.05) is 0 Å². The molecule has 5 nitrogen and oxygen atoms in total. The first-order valence-electron chi connectivity index (χ1n) is 10.1. The molecule has 9 heteroatoms. The van der Waals surface area contributed by atoms with Crippen LogP contribution in [0.5, 0.6) is 0 Å². The predicted molar refractivity (Wildman–Crippen MR) is 135 cm³/mol. The maximum Gasteiger partial charge on any atom is 0.151 e. The van der Waals surface area contributed by atoms with Crippen molar-refractivity contribution in [2.45, 2.75) is 110 Å². The average Bonchev–Trinajstić information content (AvgIpc) is 2.42. The number of rotatable bonds is 4. The second-order valence-electron chi connectivity index (χ2n) is 9.28. The fourth-order valence-electron chi connectivity index (χ4n) is 0.568. The van der Waals surface area contributed by atoms with Crippen molar-refractivity contribution >= 4 is 41.5 Å². The van der Waals surface area contributed by atoms with E-state index in [9.17, 15) is 4.79 Å². The van der Waals surface area contributed by atoms with E-state index < -0.39 is 24.4 Å². The summed E-state index contributed by atoms with van der Waals surface area (Å²) in [6, 6.07) is 0. The second-order valence-corrected chi connectivity index (χ2v) is 23.1. The third-order valence-electron chi connectivity index (χ3n) is 1.33. The Morgan fingerprint density at radius 3 is 0.852 bits per heavy atom. The van der Waals surface area contributed by atoms with Gasteiger partial charge in [-0.25, -0.2) is 0 Å². The molecule has 0 rings (SSSR count). The van der Waals surface area contributed by atoms with Crippen molar-refractivity contribution in [2.24, 2.45) is 0 Å². The molecule has 170 valence electrons. The van der Waals surface area contributed by atoms with Crippen LogP contribution in [0.3, 0.4) is 0 Å². The Kier molecular flexibility index (Phi) is 37.2. The monoisotopic (exact) mass is 460 g/mol. The Labute approximate surface area is 176 Å². The SMILES string of the molecule is C[C@H](O)[C@@H](O)[C@@H](O)[C@H](O)C=O.C[SiH](C)C.C[SiH](C)C.C[SiH](C)C.C[SiH](C)C. The van der Waals surface area contributed by atoms with Crippen LogP contribution in [0.2, 0.25) is 78.6 Å². The first kappa shape index (κ1) is 38.0. The summed E-state index contributed by atoms with van der Waals surface area (Å²) in [7, 11) is -0.556. The summed E-state index contributed by atoms with van der Waals surface area (Å²) < 4.78 is 0. The third kappa shape index (κ3) is 75.8.